The van der Waals surface area contributed by atoms with E-state index in [-0.39, 0.29) is 17.4 Å². The number of amides is 2. The van der Waals surface area contributed by atoms with Crippen LogP contribution in [0.15, 0.2) is 42.5 Å². The molecule has 0 saturated carbocycles. The van der Waals surface area contributed by atoms with Gasteiger partial charge in [0.1, 0.15) is 5.75 Å². The minimum Gasteiger partial charge on any atom is -0.481 e. The predicted octanol–water partition coefficient (Wildman–Crippen LogP) is 4.24. The molecule has 2 amide bonds. The van der Waals surface area contributed by atoms with Gasteiger partial charge >= 0.3 is 0 Å². The van der Waals surface area contributed by atoms with E-state index in [1.165, 1.54) is 0 Å². The molecule has 1 unspecified atom stereocenters. The molecular formula is C22H28N2O3. The second-order valence-electron chi connectivity index (χ2n) is 7.77. The fourth-order valence-corrected chi connectivity index (χ4v) is 2.51. The van der Waals surface area contributed by atoms with Gasteiger partial charge in [0.2, 0.25) is 0 Å². The summed E-state index contributed by atoms with van der Waals surface area (Å²) in [5, 5.41) is 5.72. The average molecular weight is 368 g/mol. The second-order valence-corrected chi connectivity index (χ2v) is 7.77. The van der Waals surface area contributed by atoms with Gasteiger partial charge in [-0.2, -0.15) is 0 Å². The number of aryl methyl sites for hydroxylation is 2. The summed E-state index contributed by atoms with van der Waals surface area (Å²) in [5.74, 6) is 0.129. The van der Waals surface area contributed by atoms with Gasteiger partial charge in [-0.1, -0.05) is 24.3 Å². The minimum absolute atomic E-state index is 0.235. The molecular weight excluding hydrogens is 340 g/mol. The number of carbonyl (C=O) groups is 2. The van der Waals surface area contributed by atoms with Crippen molar-refractivity contribution in [2.24, 2.45) is 0 Å². The molecule has 0 saturated heterocycles. The summed E-state index contributed by atoms with van der Waals surface area (Å²) in [6.45, 7) is 11.3. The molecule has 1 atom stereocenters. The van der Waals surface area contributed by atoms with Crippen LogP contribution in [0.2, 0.25) is 0 Å². The normalized spacial score (nSPS) is 12.2. The maximum atomic E-state index is 12.6. The maximum Gasteiger partial charge on any atom is 0.265 e. The molecule has 0 radical (unpaired) electrons. The third-order valence-electron chi connectivity index (χ3n) is 3.93. The number of hydrogen-bond acceptors (Lipinski definition) is 3. The number of ether oxygens (including phenoxy) is 1. The highest BCUT2D eigenvalue weighted by Gasteiger charge is 2.21. The lowest BCUT2D eigenvalue weighted by atomic mass is 10.1. The molecule has 0 bridgehead atoms. The summed E-state index contributed by atoms with van der Waals surface area (Å²) in [6.07, 6.45) is -0.704. The van der Waals surface area contributed by atoms with Crippen molar-refractivity contribution in [1.82, 2.24) is 5.32 Å². The van der Waals surface area contributed by atoms with E-state index in [1.54, 1.807) is 31.2 Å². The molecule has 0 aromatic heterocycles. The van der Waals surface area contributed by atoms with Gasteiger partial charge < -0.3 is 15.4 Å². The summed E-state index contributed by atoms with van der Waals surface area (Å²) in [6, 6.07) is 12.8. The first-order valence-electron chi connectivity index (χ1n) is 9.03. The largest absolute Gasteiger partial charge is 0.481 e. The van der Waals surface area contributed by atoms with E-state index in [1.807, 2.05) is 52.8 Å². The zero-order valence-corrected chi connectivity index (χ0v) is 16.8. The Morgan fingerprint density at radius 3 is 2.37 bits per heavy atom. The lowest BCUT2D eigenvalue weighted by Crippen LogP contribution is -2.41. The van der Waals surface area contributed by atoms with E-state index < -0.39 is 6.10 Å². The molecule has 0 fully saturated rings. The second kappa shape index (κ2) is 8.25. The van der Waals surface area contributed by atoms with Crippen LogP contribution in [0.4, 0.5) is 5.69 Å². The topological polar surface area (TPSA) is 67.4 Å². The van der Waals surface area contributed by atoms with Crippen LogP contribution in [0.25, 0.3) is 0 Å². The Bertz CT molecular complexity index is 838. The minimum atomic E-state index is -0.704. The van der Waals surface area contributed by atoms with Crippen molar-refractivity contribution >= 4 is 17.5 Å². The Morgan fingerprint density at radius 1 is 1.04 bits per heavy atom. The molecule has 2 aromatic carbocycles. The van der Waals surface area contributed by atoms with Gasteiger partial charge in [-0.25, -0.2) is 0 Å². The van der Waals surface area contributed by atoms with Crippen LogP contribution in [0.5, 0.6) is 5.75 Å². The molecule has 27 heavy (non-hydrogen) atoms. The molecule has 0 heterocycles. The van der Waals surface area contributed by atoms with Gasteiger partial charge in [0.25, 0.3) is 11.8 Å². The van der Waals surface area contributed by atoms with Crippen molar-refractivity contribution in [2.45, 2.75) is 53.2 Å². The van der Waals surface area contributed by atoms with Gasteiger partial charge in [0.15, 0.2) is 6.10 Å². The fraction of sp³-hybridized carbons (Fsp3) is 0.364. The van der Waals surface area contributed by atoms with Gasteiger partial charge in [-0.05, 0) is 70.9 Å². The molecule has 2 aromatic rings. The van der Waals surface area contributed by atoms with E-state index in [0.717, 1.165) is 11.1 Å². The first kappa shape index (κ1) is 20.5. The molecule has 5 heteroatoms. The zero-order valence-electron chi connectivity index (χ0n) is 16.8. The highest BCUT2D eigenvalue weighted by Crippen LogP contribution is 2.22. The lowest BCUT2D eigenvalue weighted by molar-refractivity contribution is -0.122. The number of benzene rings is 2. The van der Waals surface area contributed by atoms with E-state index in [0.29, 0.717) is 17.0 Å². The molecule has 5 nitrogen and oxygen atoms in total. The average Bonchev–Trinajstić information content (AvgIpc) is 2.57. The predicted molar refractivity (Wildman–Crippen MR) is 108 cm³/mol. The number of carbonyl (C=O) groups excluding carboxylic acids is 2. The summed E-state index contributed by atoms with van der Waals surface area (Å²) >= 11 is 0. The number of anilines is 1. The van der Waals surface area contributed by atoms with Gasteiger partial charge in [-0.15, -0.1) is 0 Å². The van der Waals surface area contributed by atoms with Crippen molar-refractivity contribution in [1.29, 1.82) is 0 Å². The Labute approximate surface area is 161 Å². The van der Waals surface area contributed by atoms with Crippen LogP contribution < -0.4 is 15.4 Å². The molecule has 0 aliphatic heterocycles. The number of para-hydroxylation sites is 1. The number of hydrogen-bond donors (Lipinski definition) is 2. The molecule has 144 valence electrons. The smallest absolute Gasteiger partial charge is 0.265 e. The third kappa shape index (κ3) is 5.84. The van der Waals surface area contributed by atoms with Crippen LogP contribution in [0.3, 0.4) is 0 Å². The SMILES string of the molecule is Cc1ccc(C)c(OC(C)C(=O)Nc2ccccc2C(=O)NC(C)(C)C)c1. The van der Waals surface area contributed by atoms with Gasteiger partial charge in [-0.3, -0.25) is 9.59 Å². The van der Waals surface area contributed by atoms with E-state index in [2.05, 4.69) is 10.6 Å². The van der Waals surface area contributed by atoms with Crippen LogP contribution in [-0.2, 0) is 4.79 Å². The van der Waals surface area contributed by atoms with Crippen molar-refractivity contribution in [3.05, 3.63) is 59.2 Å². The highest BCUT2D eigenvalue weighted by molar-refractivity contribution is 6.04. The summed E-state index contributed by atoms with van der Waals surface area (Å²) in [7, 11) is 0. The first-order chi connectivity index (χ1) is 12.6. The summed E-state index contributed by atoms with van der Waals surface area (Å²) in [4.78, 5) is 25.1. The van der Waals surface area contributed by atoms with Crippen LogP contribution in [0.1, 0.15) is 49.2 Å². The third-order valence-corrected chi connectivity index (χ3v) is 3.93. The molecule has 2 N–H and O–H groups in total. The maximum absolute atomic E-state index is 12.6. The Hall–Kier alpha value is -2.82. The van der Waals surface area contributed by atoms with Gasteiger partial charge in [0, 0.05) is 5.54 Å². The molecule has 0 aliphatic rings. The Kier molecular flexibility index (Phi) is 6.26. The monoisotopic (exact) mass is 368 g/mol. The molecule has 0 spiro atoms. The van der Waals surface area contributed by atoms with E-state index >= 15 is 0 Å². The first-order valence-corrected chi connectivity index (χ1v) is 9.03. The summed E-state index contributed by atoms with van der Waals surface area (Å²) < 4.78 is 5.83. The van der Waals surface area contributed by atoms with Gasteiger partial charge in [0.05, 0.1) is 11.3 Å². The zero-order chi connectivity index (χ0) is 20.2. The highest BCUT2D eigenvalue weighted by atomic mass is 16.5. The van der Waals surface area contributed by atoms with Crippen LogP contribution >= 0.6 is 0 Å². The van der Waals surface area contributed by atoms with Crippen molar-refractivity contribution < 1.29 is 14.3 Å². The molecule has 0 aliphatic carbocycles. The van der Waals surface area contributed by atoms with E-state index in [9.17, 15) is 9.59 Å². The lowest BCUT2D eigenvalue weighted by Gasteiger charge is -2.22. The summed E-state index contributed by atoms with van der Waals surface area (Å²) in [5.41, 5.74) is 2.53. The van der Waals surface area contributed by atoms with Crippen molar-refractivity contribution in [2.75, 3.05) is 5.32 Å². The standard InChI is InChI=1S/C22H28N2O3/c1-14-11-12-15(2)19(13-14)27-16(3)20(25)23-18-10-8-7-9-17(18)21(26)24-22(4,5)6/h7-13,16H,1-6H3,(H,23,25)(H,24,26). The van der Waals surface area contributed by atoms with Crippen LogP contribution in [0, 0.1) is 13.8 Å². The van der Waals surface area contributed by atoms with E-state index in [4.69, 9.17) is 4.74 Å². The van der Waals surface area contributed by atoms with Crippen LogP contribution in [-0.4, -0.2) is 23.5 Å². The fourth-order valence-electron chi connectivity index (χ4n) is 2.51. The molecule has 2 rings (SSSR count). The number of rotatable bonds is 5. The van der Waals surface area contributed by atoms with Crippen molar-refractivity contribution in [3.8, 4) is 5.75 Å². The Morgan fingerprint density at radius 2 is 1.70 bits per heavy atom. The number of nitrogens with one attached hydrogen (secondary N) is 2. The Balaban J connectivity index is 2.13. The quantitative estimate of drug-likeness (QED) is 0.829. The van der Waals surface area contributed by atoms with Crippen molar-refractivity contribution in [3.63, 3.8) is 0 Å².